The largest absolute Gasteiger partial charge is 0.326 e. The number of hydrogen-bond acceptors (Lipinski definition) is 3. The molecule has 0 aliphatic rings. The Morgan fingerprint density at radius 3 is 2.33 bits per heavy atom. The second-order valence-electron chi connectivity index (χ2n) is 6.30. The third-order valence-corrected chi connectivity index (χ3v) is 6.93. The fourth-order valence-electron chi connectivity index (χ4n) is 2.87. The molecular formula is C20H25ClN2O3S. The SMILES string of the molecule is CCN(CC)S(=O)(=O)c1cc(NC(=O)CC(C)c2ccccc2)ccc1Cl. The summed E-state index contributed by atoms with van der Waals surface area (Å²) in [6, 6.07) is 14.3. The Bertz CT molecular complexity index is 881. The van der Waals surface area contributed by atoms with Crippen molar-refractivity contribution in [1.82, 2.24) is 4.31 Å². The van der Waals surface area contributed by atoms with Crippen LogP contribution in [0.2, 0.25) is 5.02 Å². The van der Waals surface area contributed by atoms with E-state index in [0.29, 0.717) is 25.2 Å². The average Bonchev–Trinajstić information content (AvgIpc) is 2.64. The third-order valence-electron chi connectivity index (χ3n) is 4.40. The highest BCUT2D eigenvalue weighted by molar-refractivity contribution is 7.89. The number of amides is 1. The molecule has 0 aromatic heterocycles. The van der Waals surface area contributed by atoms with Crippen molar-refractivity contribution in [3.8, 4) is 0 Å². The van der Waals surface area contributed by atoms with E-state index in [4.69, 9.17) is 11.6 Å². The van der Waals surface area contributed by atoms with Gasteiger partial charge < -0.3 is 5.32 Å². The van der Waals surface area contributed by atoms with Crippen molar-refractivity contribution in [2.75, 3.05) is 18.4 Å². The zero-order valence-electron chi connectivity index (χ0n) is 15.8. The smallest absolute Gasteiger partial charge is 0.244 e. The van der Waals surface area contributed by atoms with Crippen LogP contribution in [-0.2, 0) is 14.8 Å². The van der Waals surface area contributed by atoms with E-state index >= 15 is 0 Å². The lowest BCUT2D eigenvalue weighted by molar-refractivity contribution is -0.116. The zero-order chi connectivity index (χ0) is 20.0. The maximum atomic E-state index is 12.7. The van der Waals surface area contributed by atoms with E-state index in [1.54, 1.807) is 19.9 Å². The molecule has 7 heteroatoms. The summed E-state index contributed by atoms with van der Waals surface area (Å²) in [7, 11) is -3.71. The van der Waals surface area contributed by atoms with Crippen molar-refractivity contribution >= 4 is 33.2 Å². The van der Waals surface area contributed by atoms with E-state index in [1.807, 2.05) is 37.3 Å². The molecule has 146 valence electrons. The van der Waals surface area contributed by atoms with Crippen molar-refractivity contribution in [2.24, 2.45) is 0 Å². The maximum absolute atomic E-state index is 12.7. The predicted molar refractivity (Wildman–Crippen MR) is 110 cm³/mol. The van der Waals surface area contributed by atoms with E-state index in [1.165, 1.54) is 16.4 Å². The van der Waals surface area contributed by atoms with Gasteiger partial charge in [-0.1, -0.05) is 62.7 Å². The van der Waals surface area contributed by atoms with Crippen molar-refractivity contribution in [1.29, 1.82) is 0 Å². The van der Waals surface area contributed by atoms with Gasteiger partial charge in [0.1, 0.15) is 4.90 Å². The minimum Gasteiger partial charge on any atom is -0.326 e. The maximum Gasteiger partial charge on any atom is 0.244 e. The minimum atomic E-state index is -3.71. The van der Waals surface area contributed by atoms with Crippen molar-refractivity contribution in [3.05, 3.63) is 59.1 Å². The van der Waals surface area contributed by atoms with Crippen LogP contribution in [-0.4, -0.2) is 31.7 Å². The van der Waals surface area contributed by atoms with E-state index in [-0.39, 0.29) is 21.7 Å². The second-order valence-corrected chi connectivity index (χ2v) is 8.61. The Balaban J connectivity index is 2.17. The Kier molecular flexibility index (Phi) is 7.41. The molecule has 0 aliphatic heterocycles. The number of nitrogens with one attached hydrogen (secondary N) is 1. The predicted octanol–water partition coefficient (Wildman–Crippen LogP) is 4.50. The molecule has 1 unspecified atom stereocenters. The number of anilines is 1. The molecule has 2 rings (SSSR count). The van der Waals surface area contributed by atoms with Crippen molar-refractivity contribution < 1.29 is 13.2 Å². The lowest BCUT2D eigenvalue weighted by Gasteiger charge is -2.20. The minimum absolute atomic E-state index is 0.00164. The van der Waals surface area contributed by atoms with E-state index < -0.39 is 10.0 Å². The van der Waals surface area contributed by atoms with Gasteiger partial charge in [0.05, 0.1) is 5.02 Å². The van der Waals surface area contributed by atoms with Gasteiger partial charge in [-0.2, -0.15) is 4.31 Å². The summed E-state index contributed by atoms with van der Waals surface area (Å²) in [4.78, 5) is 12.4. The number of nitrogens with zero attached hydrogens (tertiary/aromatic N) is 1. The highest BCUT2D eigenvalue weighted by Crippen LogP contribution is 2.28. The molecule has 0 radical (unpaired) electrons. The topological polar surface area (TPSA) is 66.5 Å². The summed E-state index contributed by atoms with van der Waals surface area (Å²) in [6.07, 6.45) is 0.296. The molecule has 1 N–H and O–H groups in total. The Morgan fingerprint density at radius 2 is 1.74 bits per heavy atom. The van der Waals surface area contributed by atoms with E-state index in [9.17, 15) is 13.2 Å². The fourth-order valence-corrected chi connectivity index (χ4v) is 4.83. The fraction of sp³-hybridized carbons (Fsp3) is 0.350. The van der Waals surface area contributed by atoms with Gasteiger partial charge in [-0.25, -0.2) is 8.42 Å². The van der Waals surface area contributed by atoms with Gasteiger partial charge in [-0.15, -0.1) is 0 Å². The van der Waals surface area contributed by atoms with Gasteiger partial charge in [0.15, 0.2) is 0 Å². The van der Waals surface area contributed by atoms with Crippen LogP contribution in [0, 0.1) is 0 Å². The highest BCUT2D eigenvalue weighted by Gasteiger charge is 2.25. The number of carbonyl (C=O) groups is 1. The van der Waals surface area contributed by atoms with Gasteiger partial charge in [0, 0.05) is 25.2 Å². The molecule has 5 nitrogen and oxygen atoms in total. The number of benzene rings is 2. The summed E-state index contributed by atoms with van der Waals surface area (Å²) in [5, 5.41) is 2.91. The van der Waals surface area contributed by atoms with Gasteiger partial charge in [0.2, 0.25) is 15.9 Å². The standard InChI is InChI=1S/C20H25ClN2O3S/c1-4-23(5-2)27(25,26)19-14-17(11-12-18(19)21)22-20(24)13-15(3)16-9-7-6-8-10-16/h6-12,14-15H,4-5,13H2,1-3H3,(H,22,24). The van der Waals surface area contributed by atoms with Crippen molar-refractivity contribution in [3.63, 3.8) is 0 Å². The highest BCUT2D eigenvalue weighted by atomic mass is 35.5. The first-order valence-electron chi connectivity index (χ1n) is 8.94. The first-order chi connectivity index (χ1) is 12.8. The molecule has 0 heterocycles. The molecule has 0 aliphatic carbocycles. The lowest BCUT2D eigenvalue weighted by atomic mass is 9.97. The van der Waals surface area contributed by atoms with Gasteiger partial charge >= 0.3 is 0 Å². The van der Waals surface area contributed by atoms with Crippen LogP contribution in [0.5, 0.6) is 0 Å². The number of halogens is 1. The lowest BCUT2D eigenvalue weighted by Crippen LogP contribution is -2.30. The molecule has 0 fully saturated rings. The molecule has 0 spiro atoms. The molecule has 1 amide bonds. The number of sulfonamides is 1. The summed E-state index contributed by atoms with van der Waals surface area (Å²) >= 11 is 6.12. The molecule has 1 atom stereocenters. The third kappa shape index (κ3) is 5.31. The van der Waals surface area contributed by atoms with Crippen LogP contribution in [0.1, 0.15) is 38.7 Å². The Labute approximate surface area is 166 Å². The molecule has 0 bridgehead atoms. The van der Waals surface area contributed by atoms with Crippen LogP contribution in [0.4, 0.5) is 5.69 Å². The van der Waals surface area contributed by atoms with Gasteiger partial charge in [-0.05, 0) is 29.7 Å². The van der Waals surface area contributed by atoms with Crippen LogP contribution in [0.3, 0.4) is 0 Å². The molecule has 27 heavy (non-hydrogen) atoms. The first kappa shape index (κ1) is 21.4. The van der Waals surface area contributed by atoms with Crippen LogP contribution >= 0.6 is 11.6 Å². The molecular weight excluding hydrogens is 384 g/mol. The van der Waals surface area contributed by atoms with E-state index in [0.717, 1.165) is 5.56 Å². The van der Waals surface area contributed by atoms with Crippen LogP contribution in [0.15, 0.2) is 53.4 Å². The Morgan fingerprint density at radius 1 is 1.11 bits per heavy atom. The summed E-state index contributed by atoms with van der Waals surface area (Å²) in [6.45, 7) is 6.21. The summed E-state index contributed by atoms with van der Waals surface area (Å²) in [5.74, 6) is -0.128. The zero-order valence-corrected chi connectivity index (χ0v) is 17.3. The number of hydrogen-bond donors (Lipinski definition) is 1. The normalized spacial score (nSPS) is 12.8. The summed E-state index contributed by atoms with van der Waals surface area (Å²) < 4.78 is 26.8. The van der Waals surface area contributed by atoms with Crippen molar-refractivity contribution in [2.45, 2.75) is 38.0 Å². The van der Waals surface area contributed by atoms with Gasteiger partial charge in [0.25, 0.3) is 0 Å². The summed E-state index contributed by atoms with van der Waals surface area (Å²) in [5.41, 5.74) is 1.49. The quantitative estimate of drug-likeness (QED) is 0.699. The van der Waals surface area contributed by atoms with Crippen LogP contribution in [0.25, 0.3) is 0 Å². The number of rotatable bonds is 8. The second kappa shape index (κ2) is 9.35. The average molecular weight is 409 g/mol. The monoisotopic (exact) mass is 408 g/mol. The molecule has 0 saturated heterocycles. The van der Waals surface area contributed by atoms with Gasteiger partial charge in [-0.3, -0.25) is 4.79 Å². The van der Waals surface area contributed by atoms with E-state index in [2.05, 4.69) is 5.32 Å². The van der Waals surface area contributed by atoms with Crippen LogP contribution < -0.4 is 5.32 Å². The molecule has 0 saturated carbocycles. The number of carbonyl (C=O) groups excluding carboxylic acids is 1. The first-order valence-corrected chi connectivity index (χ1v) is 10.8. The molecule has 2 aromatic carbocycles. The molecule has 2 aromatic rings. The Hall–Kier alpha value is -1.89.